The van der Waals surface area contributed by atoms with Crippen molar-refractivity contribution in [1.29, 1.82) is 0 Å². The number of para-hydroxylation sites is 3. The quantitative estimate of drug-likeness (QED) is 0.220. The van der Waals surface area contributed by atoms with Crippen molar-refractivity contribution in [2.45, 2.75) is 12.0 Å². The number of aromatic nitrogens is 1. The zero-order chi connectivity index (χ0) is 26.6. The van der Waals surface area contributed by atoms with Crippen LogP contribution in [0.25, 0.3) is 27.5 Å². The van der Waals surface area contributed by atoms with Crippen LogP contribution in [0.3, 0.4) is 0 Å². The second kappa shape index (κ2) is 8.96. The second-order valence-corrected chi connectivity index (χ2v) is 10.5. The summed E-state index contributed by atoms with van der Waals surface area (Å²) in [7, 11) is 0. The number of carbonyl (C=O) groups is 1. The van der Waals surface area contributed by atoms with Crippen molar-refractivity contribution in [1.82, 2.24) is 4.57 Å². The van der Waals surface area contributed by atoms with Gasteiger partial charge in [0.15, 0.2) is 5.78 Å². The van der Waals surface area contributed by atoms with E-state index < -0.39 is 0 Å². The Labute approximate surface area is 232 Å². The van der Waals surface area contributed by atoms with Crippen LogP contribution < -0.4 is 4.90 Å². The zero-order valence-corrected chi connectivity index (χ0v) is 21.8. The molecule has 40 heavy (non-hydrogen) atoms. The van der Waals surface area contributed by atoms with Gasteiger partial charge in [-0.15, -0.1) is 0 Å². The molecular formula is C37H26N2O. The van der Waals surface area contributed by atoms with Crippen molar-refractivity contribution in [2.75, 3.05) is 4.90 Å². The highest BCUT2D eigenvalue weighted by molar-refractivity contribution is 6.10. The highest BCUT2D eigenvalue weighted by Gasteiger charge is 2.36. The molecule has 8 rings (SSSR count). The van der Waals surface area contributed by atoms with Crippen molar-refractivity contribution in [3.05, 3.63) is 162 Å². The van der Waals surface area contributed by atoms with Gasteiger partial charge in [-0.05, 0) is 72.3 Å². The molecule has 0 bridgehead atoms. The fourth-order valence-electron chi connectivity index (χ4n) is 6.49. The van der Waals surface area contributed by atoms with Crippen molar-refractivity contribution < 1.29 is 4.79 Å². The number of fused-ring (bicyclic) bond motifs is 6. The van der Waals surface area contributed by atoms with E-state index in [2.05, 4.69) is 119 Å². The molecule has 0 N–H and O–H groups in total. The van der Waals surface area contributed by atoms with E-state index in [1.807, 2.05) is 36.4 Å². The molecule has 3 nitrogen and oxygen atoms in total. The van der Waals surface area contributed by atoms with Crippen LogP contribution in [0.15, 0.2) is 146 Å². The number of hydrogen-bond donors (Lipinski definition) is 0. The zero-order valence-electron chi connectivity index (χ0n) is 21.8. The fraction of sp³-hybridized carbons (Fsp3) is 0.0541. The predicted octanol–water partition coefficient (Wildman–Crippen LogP) is 8.74. The lowest BCUT2D eigenvalue weighted by Crippen LogP contribution is -2.28. The number of benzene rings is 5. The molecule has 6 aromatic rings. The van der Waals surface area contributed by atoms with Crippen LogP contribution in [0.1, 0.15) is 27.4 Å². The molecule has 2 atom stereocenters. The van der Waals surface area contributed by atoms with Crippen LogP contribution in [0.4, 0.5) is 11.4 Å². The summed E-state index contributed by atoms with van der Waals surface area (Å²) in [6.07, 6.45) is 8.81. The molecule has 3 heteroatoms. The van der Waals surface area contributed by atoms with Gasteiger partial charge in [0.05, 0.1) is 17.1 Å². The summed E-state index contributed by atoms with van der Waals surface area (Å²) in [5.41, 5.74) is 8.41. The molecule has 2 heterocycles. The van der Waals surface area contributed by atoms with Crippen LogP contribution in [-0.4, -0.2) is 16.4 Å². The number of nitrogens with zero attached hydrogens (tertiary/aromatic N) is 2. The molecule has 0 spiro atoms. The van der Waals surface area contributed by atoms with Crippen molar-refractivity contribution in [3.63, 3.8) is 0 Å². The van der Waals surface area contributed by atoms with E-state index in [0.717, 1.165) is 22.4 Å². The van der Waals surface area contributed by atoms with Gasteiger partial charge >= 0.3 is 0 Å². The molecule has 0 fully saturated rings. The number of hydrogen-bond acceptors (Lipinski definition) is 2. The molecular weight excluding hydrogens is 488 g/mol. The Bertz CT molecular complexity index is 1920. The minimum Gasteiger partial charge on any atom is -0.333 e. The van der Waals surface area contributed by atoms with Gasteiger partial charge in [0.2, 0.25) is 0 Å². The molecule has 0 saturated heterocycles. The maximum Gasteiger partial charge on any atom is 0.193 e. The third-order valence-corrected chi connectivity index (χ3v) is 8.33. The third-order valence-electron chi connectivity index (χ3n) is 8.33. The number of allylic oxidation sites excluding steroid dienone is 2. The average molecular weight is 515 g/mol. The van der Waals surface area contributed by atoms with E-state index in [9.17, 15) is 4.79 Å². The molecule has 0 radical (unpaired) electrons. The minimum atomic E-state index is 0.0283. The first-order chi connectivity index (χ1) is 19.8. The lowest BCUT2D eigenvalue weighted by Gasteiger charge is -2.28. The van der Waals surface area contributed by atoms with E-state index in [1.54, 1.807) is 0 Å². The van der Waals surface area contributed by atoms with Crippen LogP contribution >= 0.6 is 0 Å². The first-order valence-corrected chi connectivity index (χ1v) is 13.7. The van der Waals surface area contributed by atoms with E-state index >= 15 is 0 Å². The fourth-order valence-corrected chi connectivity index (χ4v) is 6.49. The normalized spacial score (nSPS) is 17.4. The molecule has 1 aliphatic heterocycles. The van der Waals surface area contributed by atoms with E-state index in [-0.39, 0.29) is 11.8 Å². The van der Waals surface area contributed by atoms with Gasteiger partial charge in [0, 0.05) is 44.9 Å². The minimum absolute atomic E-state index is 0.0283. The molecule has 0 saturated carbocycles. The van der Waals surface area contributed by atoms with Gasteiger partial charge in [-0.1, -0.05) is 78.9 Å². The van der Waals surface area contributed by atoms with Gasteiger partial charge < -0.3 is 9.47 Å². The Hall–Kier alpha value is -5.15. The third kappa shape index (κ3) is 3.41. The molecule has 1 aromatic heterocycles. The van der Waals surface area contributed by atoms with Gasteiger partial charge in [-0.3, -0.25) is 4.79 Å². The van der Waals surface area contributed by atoms with Gasteiger partial charge in [0.25, 0.3) is 0 Å². The lowest BCUT2D eigenvalue weighted by molar-refractivity contribution is 0.103. The topological polar surface area (TPSA) is 25.2 Å². The highest BCUT2D eigenvalue weighted by Crippen LogP contribution is 2.47. The molecule has 0 amide bonds. The van der Waals surface area contributed by atoms with E-state index in [4.69, 9.17) is 0 Å². The summed E-state index contributed by atoms with van der Waals surface area (Å²) in [6, 6.07) is 41.8. The van der Waals surface area contributed by atoms with Gasteiger partial charge in [-0.2, -0.15) is 0 Å². The molecule has 5 aromatic carbocycles. The standard InChI is InChI=1S/C37H26N2O/c40-37(25-17-21-27(22-18-25)38-33-13-5-1-9-29(33)30-10-2-6-14-34(30)38)26-19-23-28(24-20-26)39-35-15-7-3-11-31(35)32-12-4-8-16-36(32)39/h1-24,29,33H. The summed E-state index contributed by atoms with van der Waals surface area (Å²) in [4.78, 5) is 15.9. The van der Waals surface area contributed by atoms with Gasteiger partial charge in [-0.25, -0.2) is 0 Å². The number of rotatable bonds is 4. The van der Waals surface area contributed by atoms with E-state index in [0.29, 0.717) is 17.0 Å². The molecule has 1 aliphatic carbocycles. The number of ketones is 1. The Balaban J connectivity index is 1.10. The highest BCUT2D eigenvalue weighted by atomic mass is 16.1. The van der Waals surface area contributed by atoms with E-state index in [1.165, 1.54) is 22.0 Å². The summed E-state index contributed by atoms with van der Waals surface area (Å²) >= 11 is 0. The maximum atomic E-state index is 13.5. The molecule has 190 valence electrons. The van der Waals surface area contributed by atoms with Crippen molar-refractivity contribution in [2.24, 2.45) is 0 Å². The Morgan fingerprint density at radius 2 is 1.10 bits per heavy atom. The van der Waals surface area contributed by atoms with Crippen LogP contribution in [0.2, 0.25) is 0 Å². The lowest BCUT2D eigenvalue weighted by atomic mass is 9.91. The Morgan fingerprint density at radius 1 is 0.550 bits per heavy atom. The summed E-state index contributed by atoms with van der Waals surface area (Å²) in [5, 5.41) is 2.45. The van der Waals surface area contributed by atoms with Crippen molar-refractivity contribution in [3.8, 4) is 5.69 Å². The Morgan fingerprint density at radius 3 is 1.77 bits per heavy atom. The number of anilines is 2. The first-order valence-electron chi connectivity index (χ1n) is 13.7. The summed E-state index contributed by atoms with van der Waals surface area (Å²) in [6.45, 7) is 0. The number of carbonyl (C=O) groups excluding carboxylic acids is 1. The second-order valence-electron chi connectivity index (χ2n) is 10.5. The van der Waals surface area contributed by atoms with Gasteiger partial charge in [0.1, 0.15) is 0 Å². The first kappa shape index (κ1) is 22.8. The molecule has 2 unspecified atom stereocenters. The van der Waals surface area contributed by atoms with Crippen LogP contribution in [0, 0.1) is 0 Å². The van der Waals surface area contributed by atoms with Crippen molar-refractivity contribution >= 4 is 39.0 Å². The summed E-state index contributed by atoms with van der Waals surface area (Å²) in [5.74, 6) is 0.371. The maximum absolute atomic E-state index is 13.5. The summed E-state index contributed by atoms with van der Waals surface area (Å²) < 4.78 is 2.27. The SMILES string of the molecule is O=C(c1ccc(N2c3ccccc3C3C=CC=CC32)cc1)c1ccc(-n2c3ccccc3c3ccccc32)cc1. The van der Waals surface area contributed by atoms with Crippen LogP contribution in [-0.2, 0) is 0 Å². The smallest absolute Gasteiger partial charge is 0.193 e. The molecule has 2 aliphatic rings. The van der Waals surface area contributed by atoms with Crippen LogP contribution in [0.5, 0.6) is 0 Å². The predicted molar refractivity (Wildman–Crippen MR) is 164 cm³/mol. The Kier molecular flexibility index (Phi) is 5.11. The average Bonchev–Trinajstić information content (AvgIpc) is 3.54. The monoisotopic (exact) mass is 514 g/mol. The largest absolute Gasteiger partial charge is 0.333 e.